The topological polar surface area (TPSA) is 88.5 Å². The van der Waals surface area contributed by atoms with Crippen LogP contribution in [-0.2, 0) is 0 Å². The number of fused-ring (bicyclic) bond motifs is 1. The molecular formula is C18H16BFN4O3. The molecule has 3 N–H and O–H groups in total. The van der Waals surface area contributed by atoms with E-state index in [4.69, 9.17) is 14.5 Å². The Hall–Kier alpha value is -3.36. The molecule has 27 heavy (non-hydrogen) atoms. The van der Waals surface area contributed by atoms with Crippen molar-refractivity contribution in [3.63, 3.8) is 0 Å². The number of hydrogen-bond donors (Lipinski definition) is 3. The molecule has 0 unspecified atom stereocenters. The second-order valence-electron chi connectivity index (χ2n) is 5.91. The van der Waals surface area contributed by atoms with Crippen LogP contribution in [0.1, 0.15) is 6.42 Å². The SMILES string of the molecule is OB=C1C=C(Nc2ncc(F)c(Nc3ccc4c(c3)OCCO4)n2)C=CC1. The molecule has 4 rings (SSSR count). The second-order valence-corrected chi connectivity index (χ2v) is 5.91. The number of rotatable bonds is 4. The summed E-state index contributed by atoms with van der Waals surface area (Å²) >= 11 is 0. The number of hydrogen-bond acceptors (Lipinski definition) is 7. The van der Waals surface area contributed by atoms with Crippen molar-refractivity contribution < 1.29 is 18.9 Å². The molecule has 0 saturated heterocycles. The van der Waals surface area contributed by atoms with E-state index in [1.54, 1.807) is 24.3 Å². The number of halogens is 1. The van der Waals surface area contributed by atoms with Crippen LogP contribution in [0.2, 0.25) is 0 Å². The Morgan fingerprint density at radius 1 is 1.15 bits per heavy atom. The predicted molar refractivity (Wildman–Crippen MR) is 101 cm³/mol. The van der Waals surface area contributed by atoms with Crippen molar-refractivity contribution in [1.29, 1.82) is 0 Å². The van der Waals surface area contributed by atoms with Crippen molar-refractivity contribution in [2.24, 2.45) is 0 Å². The van der Waals surface area contributed by atoms with E-state index in [0.717, 1.165) is 18.8 Å². The van der Waals surface area contributed by atoms with E-state index in [9.17, 15) is 4.39 Å². The molecule has 1 aliphatic carbocycles. The summed E-state index contributed by atoms with van der Waals surface area (Å²) < 4.78 is 25.2. The van der Waals surface area contributed by atoms with Crippen LogP contribution < -0.4 is 20.1 Å². The van der Waals surface area contributed by atoms with Crippen molar-refractivity contribution in [2.45, 2.75) is 6.42 Å². The van der Waals surface area contributed by atoms with E-state index in [1.807, 2.05) is 12.2 Å². The van der Waals surface area contributed by atoms with E-state index in [-0.39, 0.29) is 11.8 Å². The van der Waals surface area contributed by atoms with E-state index >= 15 is 0 Å². The van der Waals surface area contributed by atoms with Crippen LogP contribution in [-0.4, -0.2) is 40.8 Å². The first-order chi connectivity index (χ1) is 13.2. The number of benzene rings is 1. The Labute approximate surface area is 155 Å². The van der Waals surface area contributed by atoms with E-state index in [2.05, 4.69) is 20.6 Å². The van der Waals surface area contributed by atoms with Crippen molar-refractivity contribution in [2.75, 3.05) is 23.8 Å². The Balaban J connectivity index is 1.54. The number of ether oxygens (including phenoxy) is 2. The van der Waals surface area contributed by atoms with Crippen LogP contribution in [0.3, 0.4) is 0 Å². The molecule has 1 aliphatic heterocycles. The molecule has 0 bridgehead atoms. The number of aromatic nitrogens is 2. The Morgan fingerprint density at radius 3 is 2.85 bits per heavy atom. The predicted octanol–water partition coefficient (Wildman–Crippen LogP) is 2.17. The van der Waals surface area contributed by atoms with Crippen LogP contribution >= 0.6 is 0 Å². The van der Waals surface area contributed by atoms with Gasteiger partial charge in [0.2, 0.25) is 0 Å². The van der Waals surface area contributed by atoms with Crippen LogP contribution in [0.5, 0.6) is 11.5 Å². The van der Waals surface area contributed by atoms with Gasteiger partial charge in [0.25, 0.3) is 0 Å². The summed E-state index contributed by atoms with van der Waals surface area (Å²) in [6.07, 6.45) is 7.23. The molecule has 0 fully saturated rings. The molecule has 0 spiro atoms. The molecule has 0 amide bonds. The van der Waals surface area contributed by atoms with Gasteiger partial charge in [-0.25, -0.2) is 0 Å². The summed E-state index contributed by atoms with van der Waals surface area (Å²) in [6.45, 7) is 0.978. The molecule has 0 radical (unpaired) electrons. The molecule has 2 aromatic rings. The van der Waals surface area contributed by atoms with Crippen LogP contribution in [0, 0.1) is 5.82 Å². The minimum atomic E-state index is -0.584. The fraction of sp³-hybridized carbons (Fsp3) is 0.167. The fourth-order valence-corrected chi connectivity index (χ4v) is 2.70. The van der Waals surface area contributed by atoms with Crippen LogP contribution in [0.4, 0.5) is 21.8 Å². The Morgan fingerprint density at radius 2 is 2.00 bits per heavy atom. The monoisotopic (exact) mass is 366 g/mol. The van der Waals surface area contributed by atoms with Crippen LogP contribution in [0.15, 0.2) is 48.3 Å². The van der Waals surface area contributed by atoms with Gasteiger partial charge in [-0.1, -0.05) is 0 Å². The number of allylic oxidation sites excluding steroid dienone is 3. The Kier molecular flexibility index (Phi) is 4.74. The Bertz CT molecular complexity index is 962. The summed E-state index contributed by atoms with van der Waals surface area (Å²) in [6, 6.07) is 5.25. The molecule has 1 aromatic carbocycles. The molecule has 2 aliphatic rings. The van der Waals surface area contributed by atoms with E-state index in [1.165, 1.54) is 0 Å². The molecule has 1 aromatic heterocycles. The summed E-state index contributed by atoms with van der Waals surface area (Å²) in [4.78, 5) is 8.14. The van der Waals surface area contributed by atoms with Gasteiger partial charge in [-0.3, -0.25) is 0 Å². The maximum atomic E-state index is 14.1. The molecule has 136 valence electrons. The van der Waals surface area contributed by atoms with Gasteiger partial charge in [-0.15, -0.1) is 0 Å². The van der Waals surface area contributed by atoms with Crippen molar-refractivity contribution in [1.82, 2.24) is 9.97 Å². The van der Waals surface area contributed by atoms with Crippen molar-refractivity contribution in [3.05, 3.63) is 54.1 Å². The third-order valence-corrected chi connectivity index (χ3v) is 3.96. The normalized spacial score (nSPS) is 16.5. The van der Waals surface area contributed by atoms with Gasteiger partial charge in [0.15, 0.2) is 0 Å². The van der Waals surface area contributed by atoms with Crippen molar-refractivity contribution in [3.8, 4) is 11.5 Å². The zero-order chi connectivity index (χ0) is 18.6. The second kappa shape index (κ2) is 7.49. The van der Waals surface area contributed by atoms with Crippen molar-refractivity contribution >= 4 is 30.0 Å². The third-order valence-electron chi connectivity index (χ3n) is 3.96. The molecule has 7 nitrogen and oxygen atoms in total. The number of nitrogens with one attached hydrogen (secondary N) is 2. The summed E-state index contributed by atoms with van der Waals surface area (Å²) in [7, 11) is 1.05. The van der Waals surface area contributed by atoms with Gasteiger partial charge in [0, 0.05) is 0 Å². The minimum absolute atomic E-state index is 0.0301. The molecular weight excluding hydrogens is 350 g/mol. The summed E-state index contributed by atoms with van der Waals surface area (Å²) in [5, 5.41) is 15.1. The standard InChI is InChI=1S/C18H16BFN4O3/c20-14-10-21-18(23-12-3-1-2-11(8-12)19-25)24-17(14)22-13-4-5-15-16(9-13)27-7-6-26-15/h1,3-5,8-10,25H,2,6-7H2,(H2,21,22,23,24). The van der Waals surface area contributed by atoms with E-state index < -0.39 is 5.82 Å². The molecule has 9 heteroatoms. The quantitative estimate of drug-likeness (QED) is 0.715. The molecule has 0 atom stereocenters. The zero-order valence-electron chi connectivity index (χ0n) is 14.3. The fourth-order valence-electron chi connectivity index (χ4n) is 2.70. The van der Waals surface area contributed by atoms with Crippen LogP contribution in [0.25, 0.3) is 0 Å². The van der Waals surface area contributed by atoms with Gasteiger partial charge in [-0.05, 0) is 0 Å². The van der Waals surface area contributed by atoms with Gasteiger partial charge >= 0.3 is 137 Å². The number of nitrogens with zero attached hydrogens (tertiary/aromatic N) is 2. The first-order valence-corrected chi connectivity index (χ1v) is 8.39. The summed E-state index contributed by atoms with van der Waals surface area (Å²) in [5.41, 5.74) is 2.06. The maximum absolute atomic E-state index is 14.1. The summed E-state index contributed by atoms with van der Waals surface area (Å²) in [5.74, 6) is 0.925. The molecule has 0 saturated carbocycles. The average Bonchev–Trinajstić information content (AvgIpc) is 2.70. The first-order valence-electron chi connectivity index (χ1n) is 8.39. The van der Waals surface area contributed by atoms with Gasteiger partial charge in [0.1, 0.15) is 13.2 Å². The van der Waals surface area contributed by atoms with Gasteiger partial charge in [0.05, 0.1) is 0 Å². The number of anilines is 3. The average molecular weight is 366 g/mol. The molecule has 2 heterocycles. The third kappa shape index (κ3) is 3.92. The first kappa shape index (κ1) is 17.1. The van der Waals surface area contributed by atoms with Gasteiger partial charge < -0.3 is 4.74 Å². The van der Waals surface area contributed by atoms with E-state index in [0.29, 0.717) is 42.5 Å². The van der Waals surface area contributed by atoms with Gasteiger partial charge in [-0.2, -0.15) is 0 Å². The zero-order valence-corrected chi connectivity index (χ0v) is 14.3.